The molecule has 1 saturated carbocycles. The second-order valence-corrected chi connectivity index (χ2v) is 15.9. The molecular formula is C37H65N5O4. The Hall–Kier alpha value is -2.42. The first-order chi connectivity index (χ1) is 21.6. The quantitative estimate of drug-likeness (QED) is 0.309. The molecule has 4 atom stereocenters. The van der Waals surface area contributed by atoms with E-state index in [1.165, 1.54) is 19.3 Å². The third-order valence-corrected chi connectivity index (χ3v) is 10.4. The lowest BCUT2D eigenvalue weighted by Crippen LogP contribution is -2.60. The summed E-state index contributed by atoms with van der Waals surface area (Å²) in [6.07, 6.45) is 14.2. The van der Waals surface area contributed by atoms with E-state index < -0.39 is 17.5 Å². The van der Waals surface area contributed by atoms with Crippen LogP contribution in [0.2, 0.25) is 0 Å². The molecule has 2 saturated heterocycles. The van der Waals surface area contributed by atoms with Crippen molar-refractivity contribution in [2.75, 3.05) is 20.1 Å². The topological polar surface area (TPSA) is 102 Å². The number of hydrogen-bond acceptors (Lipinski definition) is 5. The second-order valence-electron chi connectivity index (χ2n) is 15.9. The molecule has 0 aromatic rings. The van der Waals surface area contributed by atoms with Gasteiger partial charge in [-0.25, -0.2) is 0 Å². The van der Waals surface area contributed by atoms with Crippen molar-refractivity contribution < 1.29 is 19.2 Å². The van der Waals surface area contributed by atoms with Gasteiger partial charge in [0.15, 0.2) is 0 Å². The maximum absolute atomic E-state index is 14.2. The molecule has 2 unspecified atom stereocenters. The van der Waals surface area contributed by atoms with E-state index in [2.05, 4.69) is 29.4 Å². The van der Waals surface area contributed by atoms with Crippen LogP contribution in [0.25, 0.3) is 0 Å². The summed E-state index contributed by atoms with van der Waals surface area (Å²) in [5.41, 5.74) is 0.0243. The Morgan fingerprint density at radius 2 is 1.37 bits per heavy atom. The number of nitrogens with one attached hydrogen (secondary N) is 2. The lowest BCUT2D eigenvalue weighted by molar-refractivity contribution is -0.142. The lowest BCUT2D eigenvalue weighted by Gasteiger charge is -2.41. The van der Waals surface area contributed by atoms with E-state index in [1.807, 2.05) is 40.7 Å². The first-order valence-electron chi connectivity index (χ1n) is 18.3. The summed E-state index contributed by atoms with van der Waals surface area (Å²) in [6.45, 7) is 17.5. The number of likely N-dealkylation sites (tertiary alicyclic amines) is 2. The molecule has 2 aliphatic heterocycles. The molecule has 0 aromatic carbocycles. The molecule has 3 aliphatic rings. The Morgan fingerprint density at radius 3 is 1.96 bits per heavy atom. The highest BCUT2D eigenvalue weighted by atomic mass is 16.2. The number of hydrogen-bond donors (Lipinski definition) is 2. The van der Waals surface area contributed by atoms with Crippen LogP contribution in [-0.4, -0.2) is 94.7 Å². The fourth-order valence-electron chi connectivity index (χ4n) is 7.58. The number of carbonyl (C=O) groups excluding carboxylic acids is 4. The minimum Gasteiger partial charge on any atom is -0.352 e. The van der Waals surface area contributed by atoms with Crippen LogP contribution in [0.5, 0.6) is 0 Å². The Kier molecular flexibility index (Phi) is 14.2. The summed E-state index contributed by atoms with van der Waals surface area (Å²) in [6, 6.07) is -1.33. The summed E-state index contributed by atoms with van der Waals surface area (Å²) >= 11 is 0. The molecule has 0 spiro atoms. The van der Waals surface area contributed by atoms with Crippen LogP contribution >= 0.6 is 0 Å². The summed E-state index contributed by atoms with van der Waals surface area (Å²) in [7, 11) is 1.77. The second kappa shape index (κ2) is 17.1. The molecule has 1 aliphatic carbocycles. The lowest BCUT2D eigenvalue weighted by atomic mass is 9.84. The molecule has 46 heavy (non-hydrogen) atoms. The third-order valence-electron chi connectivity index (χ3n) is 10.4. The van der Waals surface area contributed by atoms with Gasteiger partial charge in [-0.2, -0.15) is 0 Å². The highest BCUT2D eigenvalue weighted by Gasteiger charge is 2.40. The van der Waals surface area contributed by atoms with Gasteiger partial charge in [0, 0.05) is 31.2 Å². The molecule has 4 amide bonds. The van der Waals surface area contributed by atoms with Gasteiger partial charge in [-0.3, -0.25) is 24.1 Å². The molecule has 0 radical (unpaired) electrons. The van der Waals surface area contributed by atoms with Crippen molar-refractivity contribution in [2.24, 2.45) is 11.3 Å². The fraction of sp³-hybridized carbons (Fsp3) is 0.838. The van der Waals surface area contributed by atoms with Crippen LogP contribution in [0.1, 0.15) is 132 Å². The van der Waals surface area contributed by atoms with E-state index in [9.17, 15) is 19.2 Å². The van der Waals surface area contributed by atoms with E-state index in [0.29, 0.717) is 18.5 Å². The van der Waals surface area contributed by atoms with Gasteiger partial charge in [0.2, 0.25) is 23.6 Å². The van der Waals surface area contributed by atoms with Crippen molar-refractivity contribution in [2.45, 2.75) is 169 Å². The van der Waals surface area contributed by atoms with Crippen molar-refractivity contribution in [3.63, 3.8) is 0 Å². The molecule has 262 valence electrons. The number of nitrogens with zero attached hydrogens (tertiary/aromatic N) is 3. The minimum atomic E-state index is -0.716. The highest BCUT2D eigenvalue weighted by molar-refractivity contribution is 5.97. The van der Waals surface area contributed by atoms with Gasteiger partial charge in [-0.15, -0.1) is 0 Å². The SMILES string of the molecule is C/C(=C\[C@H](C(C)C)N(C)C(=O)C(NC(=O)C1CCCCN1C(C)C)C(C)(C)C)C(=O)N1CCC[C@H]1C(=O)NC1CCCCCCC1. The molecule has 9 heteroatoms. The summed E-state index contributed by atoms with van der Waals surface area (Å²) in [4.78, 5) is 60.7. The first kappa shape index (κ1) is 38.0. The zero-order valence-electron chi connectivity index (χ0n) is 30.5. The van der Waals surface area contributed by atoms with Crippen molar-refractivity contribution in [3.8, 4) is 0 Å². The minimum absolute atomic E-state index is 0.0276. The predicted molar refractivity (Wildman–Crippen MR) is 185 cm³/mol. The molecule has 3 rings (SSSR count). The Bertz CT molecular complexity index is 1070. The van der Waals surface area contributed by atoms with Gasteiger partial charge in [0.05, 0.1) is 12.1 Å². The number of amides is 4. The zero-order valence-corrected chi connectivity index (χ0v) is 30.5. The largest absolute Gasteiger partial charge is 0.352 e. The van der Waals surface area contributed by atoms with Gasteiger partial charge < -0.3 is 20.4 Å². The fourth-order valence-corrected chi connectivity index (χ4v) is 7.58. The van der Waals surface area contributed by atoms with E-state index in [-0.39, 0.29) is 53.7 Å². The molecule has 2 heterocycles. The molecule has 9 nitrogen and oxygen atoms in total. The summed E-state index contributed by atoms with van der Waals surface area (Å²) < 4.78 is 0. The predicted octanol–water partition coefficient (Wildman–Crippen LogP) is 5.43. The van der Waals surface area contributed by atoms with Crippen molar-refractivity contribution in [3.05, 3.63) is 11.6 Å². The van der Waals surface area contributed by atoms with Gasteiger partial charge in [-0.1, -0.05) is 79.2 Å². The van der Waals surface area contributed by atoms with E-state index in [4.69, 9.17) is 0 Å². The Labute approximate surface area is 279 Å². The molecule has 0 bridgehead atoms. The zero-order chi connectivity index (χ0) is 34.2. The van der Waals surface area contributed by atoms with E-state index >= 15 is 0 Å². The van der Waals surface area contributed by atoms with Crippen molar-refractivity contribution >= 4 is 23.6 Å². The normalized spacial score (nSPS) is 23.9. The first-order valence-corrected chi connectivity index (χ1v) is 18.3. The van der Waals surface area contributed by atoms with Crippen LogP contribution in [0.3, 0.4) is 0 Å². The van der Waals surface area contributed by atoms with Crippen LogP contribution in [-0.2, 0) is 19.2 Å². The maximum atomic E-state index is 14.2. The monoisotopic (exact) mass is 644 g/mol. The van der Waals surface area contributed by atoms with Gasteiger partial charge >= 0.3 is 0 Å². The average molecular weight is 644 g/mol. The van der Waals surface area contributed by atoms with Crippen LogP contribution < -0.4 is 10.6 Å². The standard InChI is InChI=1S/C37H65N5O4/c1-25(2)31(40(9)36(46)32(37(6,7)8)39-34(44)29-20-15-16-22-41(29)26(3)4)24-27(5)35(45)42-23-17-21-30(42)33(43)38-28-18-13-11-10-12-14-19-28/h24-26,28-32H,10-23H2,1-9H3,(H,38,43)(H,39,44)/b27-24+/t29?,30-,31+,32?/m0/s1. The number of likely N-dealkylation sites (N-methyl/N-ethyl adjacent to an activating group) is 1. The summed E-state index contributed by atoms with van der Waals surface area (Å²) in [5, 5.41) is 6.43. The highest BCUT2D eigenvalue weighted by Crippen LogP contribution is 2.27. The molecular weight excluding hydrogens is 578 g/mol. The van der Waals surface area contributed by atoms with Gasteiger partial charge in [-0.05, 0) is 77.2 Å². The molecule has 0 aromatic heterocycles. The number of piperidine rings is 1. The average Bonchev–Trinajstić information content (AvgIpc) is 3.48. The molecule has 3 fully saturated rings. The number of rotatable bonds is 10. The summed E-state index contributed by atoms with van der Waals surface area (Å²) in [5.74, 6) is -0.403. The smallest absolute Gasteiger partial charge is 0.249 e. The van der Waals surface area contributed by atoms with Crippen LogP contribution in [0, 0.1) is 11.3 Å². The van der Waals surface area contributed by atoms with E-state index in [0.717, 1.165) is 57.9 Å². The third kappa shape index (κ3) is 10.0. The van der Waals surface area contributed by atoms with Gasteiger partial charge in [0.1, 0.15) is 12.1 Å². The van der Waals surface area contributed by atoms with Gasteiger partial charge in [0.25, 0.3) is 0 Å². The van der Waals surface area contributed by atoms with Crippen molar-refractivity contribution in [1.82, 2.24) is 25.3 Å². The number of carbonyl (C=O) groups is 4. The van der Waals surface area contributed by atoms with Crippen LogP contribution in [0.4, 0.5) is 0 Å². The van der Waals surface area contributed by atoms with Crippen molar-refractivity contribution in [1.29, 1.82) is 0 Å². The van der Waals surface area contributed by atoms with Crippen LogP contribution in [0.15, 0.2) is 11.6 Å². The Balaban J connectivity index is 1.74. The maximum Gasteiger partial charge on any atom is 0.249 e. The molecule has 2 N–H and O–H groups in total. The van der Waals surface area contributed by atoms with E-state index in [1.54, 1.807) is 23.8 Å². The Morgan fingerprint density at radius 1 is 0.783 bits per heavy atom.